The number of aliphatic hydroxyl groups excluding tert-OH is 2. The second-order valence-corrected chi connectivity index (χ2v) is 21.7. The molecule has 4 rings (SSSR count). The van der Waals surface area contributed by atoms with Crippen molar-refractivity contribution >= 4 is 53.3 Å². The lowest BCUT2D eigenvalue weighted by Gasteiger charge is -2.36. The van der Waals surface area contributed by atoms with E-state index >= 15 is 0 Å². The number of nitrogens with zero attached hydrogens (tertiary/aromatic N) is 4. The number of hydrogen-bond acceptors (Lipinski definition) is 14. The molecular weight excluding hydrogens is 959 g/mol. The number of carbonyl (C=O) groups is 9. The highest BCUT2D eigenvalue weighted by molar-refractivity contribution is 5.97. The van der Waals surface area contributed by atoms with Crippen LogP contribution in [0.25, 0.3) is 0 Å². The third kappa shape index (κ3) is 15.6. The van der Waals surface area contributed by atoms with Gasteiger partial charge in [0, 0.05) is 33.6 Å². The van der Waals surface area contributed by atoms with Crippen LogP contribution in [0.1, 0.15) is 120 Å². The van der Waals surface area contributed by atoms with Gasteiger partial charge in [-0.25, -0.2) is 4.79 Å². The van der Waals surface area contributed by atoms with Crippen LogP contribution in [0.5, 0.6) is 5.75 Å². The molecule has 11 atom stereocenters. The molecule has 3 heterocycles. The molecule has 0 bridgehead atoms. The molecule has 0 aliphatic carbocycles. The highest BCUT2D eigenvalue weighted by Crippen LogP contribution is 2.27. The Kier molecular flexibility index (Phi) is 22.2. The van der Waals surface area contributed by atoms with Crippen molar-refractivity contribution in [2.75, 3.05) is 34.3 Å². The van der Waals surface area contributed by atoms with Gasteiger partial charge < -0.3 is 60.0 Å². The van der Waals surface area contributed by atoms with Crippen LogP contribution in [0.2, 0.25) is 0 Å². The Bertz CT molecular complexity index is 2150. The number of ether oxygens (including phenoxy) is 3. The van der Waals surface area contributed by atoms with Crippen molar-refractivity contribution < 1.29 is 67.6 Å². The number of hydrogen-bond donors (Lipinski definition) is 5. The van der Waals surface area contributed by atoms with Crippen LogP contribution in [-0.4, -0.2) is 184 Å². The second-order valence-electron chi connectivity index (χ2n) is 21.7. The fourth-order valence-electron chi connectivity index (χ4n) is 9.91. The van der Waals surface area contributed by atoms with E-state index in [1.165, 1.54) is 54.7 Å². The molecule has 5 N–H and O–H groups in total. The fraction of sp³-hybridized carbons (Fsp3) is 0.717. The quantitative estimate of drug-likeness (QED) is 0.166. The van der Waals surface area contributed by atoms with E-state index in [0.29, 0.717) is 24.2 Å². The summed E-state index contributed by atoms with van der Waals surface area (Å²) in [5, 5.41) is 30.0. The van der Waals surface area contributed by atoms with E-state index in [9.17, 15) is 53.4 Å². The highest BCUT2D eigenvalue weighted by atomic mass is 16.6. The summed E-state index contributed by atoms with van der Waals surface area (Å²) >= 11 is 0. The van der Waals surface area contributed by atoms with E-state index in [4.69, 9.17) is 14.2 Å². The maximum atomic E-state index is 14.8. The molecule has 7 amide bonds. The molecule has 74 heavy (non-hydrogen) atoms. The number of aliphatic hydroxyl groups is 2. The van der Waals surface area contributed by atoms with Crippen LogP contribution in [0.3, 0.4) is 0 Å². The first-order valence-electron chi connectivity index (χ1n) is 26.1. The number of nitrogens with one attached hydrogen (secondary N) is 3. The molecule has 0 saturated carbocycles. The molecule has 3 fully saturated rings. The number of fused-ring (bicyclic) bond motifs is 1. The summed E-state index contributed by atoms with van der Waals surface area (Å²) in [6.07, 6.45) is -4.95. The number of carbonyl (C=O) groups excluding carboxylic acids is 9. The molecule has 21 heteroatoms. The van der Waals surface area contributed by atoms with E-state index in [1.807, 2.05) is 27.7 Å². The maximum absolute atomic E-state index is 14.8. The van der Waals surface area contributed by atoms with Gasteiger partial charge in [-0.1, -0.05) is 67.5 Å². The van der Waals surface area contributed by atoms with E-state index in [-0.39, 0.29) is 57.0 Å². The van der Waals surface area contributed by atoms with Crippen LogP contribution < -0.4 is 20.7 Å². The molecular formula is C53H83N7O14. The monoisotopic (exact) mass is 1040 g/mol. The molecule has 21 nitrogen and oxygen atoms in total. The Hall–Kier alpha value is -5.83. The summed E-state index contributed by atoms with van der Waals surface area (Å²) in [6, 6.07) is -1.88. The SMILES string of the molecule is COc1ccc(C[C@H]2C(=O)O[C@H](C)[C@H](NC(=O)[C@@H](CC(C)C)N(C)C(=O)[C@@H]3CCCN3C(=O)[C@H](C)O)C(=O)N[C@H](C(C)C)[C@@H](O)CC(=O)O[C@@H](C(C)C)C(=O)N[C@@H](CC(C)C)C(=O)N3CCC[C@H]3C(=O)N2C)cc1. The van der Waals surface area contributed by atoms with Crippen molar-refractivity contribution in [2.45, 2.75) is 187 Å². The Labute approximate surface area is 436 Å². The second kappa shape index (κ2) is 27.1. The zero-order chi connectivity index (χ0) is 55.5. The van der Waals surface area contributed by atoms with Crippen molar-refractivity contribution in [3.05, 3.63) is 29.8 Å². The first kappa shape index (κ1) is 60.7. The summed E-state index contributed by atoms with van der Waals surface area (Å²) in [4.78, 5) is 134. The lowest BCUT2D eigenvalue weighted by molar-refractivity contribution is -0.162. The van der Waals surface area contributed by atoms with Gasteiger partial charge >= 0.3 is 11.9 Å². The summed E-state index contributed by atoms with van der Waals surface area (Å²) in [5.74, 6) is -7.70. The van der Waals surface area contributed by atoms with Crippen molar-refractivity contribution in [2.24, 2.45) is 23.7 Å². The van der Waals surface area contributed by atoms with Gasteiger partial charge in [0.25, 0.3) is 11.8 Å². The van der Waals surface area contributed by atoms with Gasteiger partial charge in [0.15, 0.2) is 6.10 Å². The van der Waals surface area contributed by atoms with Crippen molar-refractivity contribution in [3.63, 3.8) is 0 Å². The maximum Gasteiger partial charge on any atom is 0.329 e. The number of cyclic esters (lactones) is 2. The Morgan fingerprint density at radius 1 is 0.851 bits per heavy atom. The zero-order valence-corrected chi connectivity index (χ0v) is 45.6. The van der Waals surface area contributed by atoms with Crippen LogP contribution in [-0.2, 0) is 59.0 Å². The first-order valence-corrected chi connectivity index (χ1v) is 26.1. The van der Waals surface area contributed by atoms with Crippen LogP contribution in [0, 0.1) is 23.7 Å². The lowest BCUT2D eigenvalue weighted by Crippen LogP contribution is -2.62. The number of benzene rings is 1. The van der Waals surface area contributed by atoms with Gasteiger partial charge in [-0.05, 0) is 93.7 Å². The predicted octanol–water partition coefficient (Wildman–Crippen LogP) is 1.72. The average Bonchev–Trinajstić information content (AvgIpc) is 4.04. The molecule has 0 spiro atoms. The minimum Gasteiger partial charge on any atom is -0.497 e. The van der Waals surface area contributed by atoms with Gasteiger partial charge in [-0.2, -0.15) is 0 Å². The number of likely N-dealkylation sites (tertiary alicyclic amines) is 1. The molecule has 1 aromatic rings. The predicted molar refractivity (Wildman–Crippen MR) is 271 cm³/mol. The lowest BCUT2D eigenvalue weighted by atomic mass is 9.95. The molecule has 0 unspecified atom stereocenters. The third-order valence-electron chi connectivity index (χ3n) is 14.1. The Balaban J connectivity index is 1.85. The van der Waals surface area contributed by atoms with E-state index in [2.05, 4.69) is 16.0 Å². The van der Waals surface area contributed by atoms with Crippen LogP contribution in [0.4, 0.5) is 0 Å². The molecule has 3 saturated heterocycles. The van der Waals surface area contributed by atoms with Gasteiger partial charge in [-0.3, -0.25) is 38.4 Å². The minimum absolute atomic E-state index is 0.0915. The molecule has 3 aliphatic rings. The summed E-state index contributed by atoms with van der Waals surface area (Å²) in [7, 11) is 4.33. The zero-order valence-electron chi connectivity index (χ0n) is 45.6. The van der Waals surface area contributed by atoms with Crippen LogP contribution in [0.15, 0.2) is 24.3 Å². The number of methoxy groups -OCH3 is 1. The summed E-state index contributed by atoms with van der Waals surface area (Å²) < 4.78 is 17.2. The van der Waals surface area contributed by atoms with Gasteiger partial charge in [0.2, 0.25) is 29.5 Å². The number of amides is 7. The minimum atomic E-state index is -1.73. The summed E-state index contributed by atoms with van der Waals surface area (Å²) in [5.41, 5.74) is 0.595. The van der Waals surface area contributed by atoms with Crippen LogP contribution >= 0.6 is 0 Å². The van der Waals surface area contributed by atoms with Gasteiger partial charge in [0.05, 0.1) is 25.7 Å². The Morgan fingerprint density at radius 2 is 1.49 bits per heavy atom. The standard InChI is InChI=1S/C53H83N7O14/c1-28(2)24-36-50(68)60-23-15-17-38(60)52(70)58(12)40(26-34-18-20-35(72-13)21-19-34)53(71)73-33(10)44(47(65)55-43(30(5)6)41(62)27-42(63)74-45(31(7)8)48(66)54-36)56-46(64)39(25-29(3)4)57(11)51(69)37-16-14-22-59(37)49(67)32(9)61/h18-21,28-33,36-41,43-45,61-62H,14-17,22-27H2,1-13H3,(H,54,66)(H,55,65)(H,56,64)/t32-,33+,36-,37-,38-,39+,40-,41-,43+,44-,45-/m0/s1. The largest absolute Gasteiger partial charge is 0.497 e. The smallest absolute Gasteiger partial charge is 0.329 e. The van der Waals surface area contributed by atoms with E-state index < -0.39 is 138 Å². The van der Waals surface area contributed by atoms with Gasteiger partial charge in [0.1, 0.15) is 54.2 Å². The topological polar surface area (TPSA) is 271 Å². The van der Waals surface area contributed by atoms with Crippen molar-refractivity contribution in [1.29, 1.82) is 0 Å². The first-order chi connectivity index (χ1) is 34.7. The molecule has 0 radical (unpaired) electrons. The highest BCUT2D eigenvalue weighted by Gasteiger charge is 2.45. The number of likely N-dealkylation sites (N-methyl/N-ethyl adjacent to an activating group) is 2. The molecule has 414 valence electrons. The Morgan fingerprint density at radius 3 is 2.05 bits per heavy atom. The fourth-order valence-corrected chi connectivity index (χ4v) is 9.91. The number of rotatable bonds is 14. The number of esters is 2. The molecule has 1 aromatic carbocycles. The molecule has 0 aromatic heterocycles. The van der Waals surface area contributed by atoms with Crippen molar-refractivity contribution in [1.82, 2.24) is 35.6 Å². The van der Waals surface area contributed by atoms with Crippen molar-refractivity contribution in [3.8, 4) is 5.75 Å². The normalized spacial score (nSPS) is 27.0. The van der Waals surface area contributed by atoms with E-state index in [0.717, 1.165) is 0 Å². The van der Waals surface area contributed by atoms with E-state index in [1.54, 1.807) is 52.0 Å². The third-order valence-corrected chi connectivity index (χ3v) is 14.1. The molecule has 3 aliphatic heterocycles. The van der Waals surface area contributed by atoms with Gasteiger partial charge in [-0.15, -0.1) is 0 Å². The average molecular weight is 1040 g/mol. The summed E-state index contributed by atoms with van der Waals surface area (Å²) in [6.45, 7) is 17.1.